The zero-order valence-electron chi connectivity index (χ0n) is 16.0. The van der Waals surface area contributed by atoms with Crippen LogP contribution in [-0.4, -0.2) is 41.5 Å². The van der Waals surface area contributed by atoms with Crippen molar-refractivity contribution < 1.29 is 4.79 Å². The number of fused-ring (bicyclic) bond motifs is 1. The molecule has 2 aromatic rings. The van der Waals surface area contributed by atoms with Gasteiger partial charge in [0, 0.05) is 36.1 Å². The van der Waals surface area contributed by atoms with Gasteiger partial charge in [-0.15, -0.1) is 24.8 Å². The van der Waals surface area contributed by atoms with Crippen LogP contribution in [0.4, 0.5) is 0 Å². The van der Waals surface area contributed by atoms with E-state index in [1.54, 1.807) is 0 Å². The highest BCUT2D eigenvalue weighted by Gasteiger charge is 2.30. The second-order valence-corrected chi connectivity index (χ2v) is 7.53. The lowest BCUT2D eigenvalue weighted by Crippen LogP contribution is -2.42. The molecule has 0 radical (unpaired) electrons. The van der Waals surface area contributed by atoms with Gasteiger partial charge in [-0.05, 0) is 57.4 Å². The van der Waals surface area contributed by atoms with E-state index in [-0.39, 0.29) is 30.7 Å². The number of benzene rings is 1. The Balaban J connectivity index is 0.00000131. The van der Waals surface area contributed by atoms with Gasteiger partial charge in [0.15, 0.2) is 0 Å². The molecule has 4 rings (SSSR count). The second-order valence-electron chi connectivity index (χ2n) is 7.53. The molecule has 2 heterocycles. The number of halogens is 2. The minimum atomic E-state index is 0. The Bertz CT molecular complexity index is 801. The maximum atomic E-state index is 13.5. The van der Waals surface area contributed by atoms with Gasteiger partial charge < -0.3 is 10.2 Å². The maximum absolute atomic E-state index is 13.5. The predicted molar refractivity (Wildman–Crippen MR) is 116 cm³/mol. The molecule has 6 heteroatoms. The van der Waals surface area contributed by atoms with E-state index < -0.39 is 0 Å². The number of aromatic nitrogens is 1. The first-order valence-electron chi connectivity index (χ1n) is 9.60. The summed E-state index contributed by atoms with van der Waals surface area (Å²) in [5.74, 6) is 0.723. The third kappa shape index (κ3) is 4.56. The maximum Gasteiger partial charge on any atom is 0.254 e. The minimum Gasteiger partial charge on any atom is -0.334 e. The van der Waals surface area contributed by atoms with E-state index in [2.05, 4.69) is 48.3 Å². The number of amides is 1. The van der Waals surface area contributed by atoms with Gasteiger partial charge in [-0.2, -0.15) is 0 Å². The molecule has 1 unspecified atom stereocenters. The van der Waals surface area contributed by atoms with Crippen LogP contribution >= 0.6 is 24.8 Å². The summed E-state index contributed by atoms with van der Waals surface area (Å²) in [6.45, 7) is 6.95. The molecule has 1 amide bonds. The normalized spacial score (nSPS) is 18.7. The largest absolute Gasteiger partial charge is 0.334 e. The van der Waals surface area contributed by atoms with Gasteiger partial charge in [0.2, 0.25) is 0 Å². The van der Waals surface area contributed by atoms with Crippen LogP contribution in [0.5, 0.6) is 0 Å². The first-order valence-corrected chi connectivity index (χ1v) is 9.60. The number of aryl methyl sites for hydroxylation is 1. The lowest BCUT2D eigenvalue weighted by atomic mass is 10.0. The molecule has 0 bridgehead atoms. The van der Waals surface area contributed by atoms with Gasteiger partial charge >= 0.3 is 0 Å². The first kappa shape index (κ1) is 21.9. The number of nitrogens with zero attached hydrogens (tertiary/aromatic N) is 2. The number of hydrogen-bond donors (Lipinski definition) is 1. The van der Waals surface area contributed by atoms with E-state index in [4.69, 9.17) is 4.98 Å². The molecule has 0 spiro atoms. The van der Waals surface area contributed by atoms with Gasteiger partial charge in [-0.3, -0.25) is 9.78 Å². The van der Waals surface area contributed by atoms with Crippen molar-refractivity contribution in [3.05, 3.63) is 41.1 Å². The lowest BCUT2D eigenvalue weighted by Gasteiger charge is -2.29. The Hall–Kier alpha value is -1.36. The van der Waals surface area contributed by atoms with Crippen molar-refractivity contribution in [3.8, 4) is 0 Å². The third-order valence-electron chi connectivity index (χ3n) is 5.41. The average Bonchev–Trinajstić information content (AvgIpc) is 3.33. The summed E-state index contributed by atoms with van der Waals surface area (Å²) in [5, 5.41) is 4.40. The Labute approximate surface area is 173 Å². The molecule has 1 aromatic heterocycles. The van der Waals surface area contributed by atoms with Crippen molar-refractivity contribution in [2.24, 2.45) is 0 Å². The summed E-state index contributed by atoms with van der Waals surface area (Å²) >= 11 is 0. The van der Waals surface area contributed by atoms with Gasteiger partial charge in [0.1, 0.15) is 0 Å². The fraction of sp³-hybridized carbons (Fsp3) is 0.524. The van der Waals surface area contributed by atoms with Crippen molar-refractivity contribution in [3.63, 3.8) is 0 Å². The topological polar surface area (TPSA) is 45.2 Å². The Morgan fingerprint density at radius 2 is 2.00 bits per heavy atom. The molecule has 27 heavy (non-hydrogen) atoms. The molecule has 4 nitrogen and oxygen atoms in total. The standard InChI is InChI=1S/C21H27N3O.2ClH/c1-3-10-24(16-8-9-22-13-16)21(25)18-12-20(15-5-6-15)23-19-7-4-14(2)11-17(18)19;;/h4,7,11-12,15-16,22H,3,5-6,8-10,13H2,1-2H3;2*1H. The van der Waals surface area contributed by atoms with Crippen LogP contribution in [0.15, 0.2) is 24.3 Å². The number of hydrogen-bond acceptors (Lipinski definition) is 3. The summed E-state index contributed by atoms with van der Waals surface area (Å²) in [7, 11) is 0. The summed E-state index contributed by atoms with van der Waals surface area (Å²) in [6, 6.07) is 8.65. The number of carbonyl (C=O) groups is 1. The molecule has 2 fully saturated rings. The highest BCUT2D eigenvalue weighted by Crippen LogP contribution is 2.40. The van der Waals surface area contributed by atoms with Gasteiger partial charge in [-0.25, -0.2) is 0 Å². The van der Waals surface area contributed by atoms with E-state index in [9.17, 15) is 4.79 Å². The van der Waals surface area contributed by atoms with Crippen LogP contribution in [0.2, 0.25) is 0 Å². The molecule has 1 atom stereocenters. The predicted octanol–water partition coefficient (Wildman–Crippen LogP) is 4.48. The van der Waals surface area contributed by atoms with Gasteiger partial charge in [0.05, 0.1) is 11.1 Å². The zero-order chi connectivity index (χ0) is 17.4. The molecule has 1 aliphatic carbocycles. The summed E-state index contributed by atoms with van der Waals surface area (Å²) in [6.07, 6.45) is 4.43. The van der Waals surface area contributed by atoms with Gasteiger partial charge in [-0.1, -0.05) is 18.6 Å². The monoisotopic (exact) mass is 409 g/mol. The Kier molecular flexibility index (Phi) is 7.49. The minimum absolute atomic E-state index is 0. The van der Waals surface area contributed by atoms with Gasteiger partial charge in [0.25, 0.3) is 5.91 Å². The summed E-state index contributed by atoms with van der Waals surface area (Å²) in [4.78, 5) is 20.4. The first-order chi connectivity index (χ1) is 12.2. The van der Waals surface area contributed by atoms with Crippen molar-refractivity contribution in [2.75, 3.05) is 19.6 Å². The van der Waals surface area contributed by atoms with Crippen molar-refractivity contribution in [2.45, 2.75) is 51.5 Å². The van der Waals surface area contributed by atoms with Crippen molar-refractivity contribution in [1.82, 2.24) is 15.2 Å². The molecule has 1 aromatic carbocycles. The van der Waals surface area contributed by atoms with Crippen LogP contribution in [0.1, 0.15) is 60.1 Å². The van der Waals surface area contributed by atoms with Crippen molar-refractivity contribution in [1.29, 1.82) is 0 Å². The number of nitrogens with one attached hydrogen (secondary N) is 1. The fourth-order valence-electron chi connectivity index (χ4n) is 3.88. The molecule has 148 valence electrons. The smallest absolute Gasteiger partial charge is 0.254 e. The number of carbonyl (C=O) groups excluding carboxylic acids is 1. The van der Waals surface area contributed by atoms with E-state index in [0.29, 0.717) is 12.0 Å². The highest BCUT2D eigenvalue weighted by molar-refractivity contribution is 6.06. The number of rotatable bonds is 5. The highest BCUT2D eigenvalue weighted by atomic mass is 35.5. The summed E-state index contributed by atoms with van der Waals surface area (Å²) in [5.41, 5.74) is 4.07. The van der Waals surface area contributed by atoms with Crippen LogP contribution in [-0.2, 0) is 0 Å². The molecule has 1 saturated carbocycles. The van der Waals surface area contributed by atoms with Crippen LogP contribution in [0.3, 0.4) is 0 Å². The summed E-state index contributed by atoms with van der Waals surface area (Å²) < 4.78 is 0. The van der Waals surface area contributed by atoms with Crippen LogP contribution in [0.25, 0.3) is 10.9 Å². The molecular formula is C21H29Cl2N3O. The van der Waals surface area contributed by atoms with E-state index in [1.807, 2.05) is 0 Å². The lowest BCUT2D eigenvalue weighted by molar-refractivity contribution is 0.0694. The van der Waals surface area contributed by atoms with Crippen LogP contribution < -0.4 is 5.32 Å². The molecule has 1 N–H and O–H groups in total. The molecule has 1 aliphatic heterocycles. The number of pyridine rings is 1. The quantitative estimate of drug-likeness (QED) is 0.791. The third-order valence-corrected chi connectivity index (χ3v) is 5.41. The van der Waals surface area contributed by atoms with E-state index in [1.165, 1.54) is 18.4 Å². The SMILES string of the molecule is CCCN(C(=O)c1cc(C2CC2)nc2ccc(C)cc12)C1CCNC1.Cl.Cl. The van der Waals surface area contributed by atoms with Crippen LogP contribution in [0, 0.1) is 6.92 Å². The average molecular weight is 410 g/mol. The Morgan fingerprint density at radius 3 is 2.63 bits per heavy atom. The second kappa shape index (κ2) is 9.22. The molecule has 1 saturated heterocycles. The van der Waals surface area contributed by atoms with Crippen molar-refractivity contribution >= 4 is 41.6 Å². The fourth-order valence-corrected chi connectivity index (χ4v) is 3.88. The van der Waals surface area contributed by atoms with E-state index >= 15 is 0 Å². The zero-order valence-corrected chi connectivity index (χ0v) is 17.7. The van der Waals surface area contributed by atoms with E-state index in [0.717, 1.165) is 54.6 Å². The molecular weight excluding hydrogens is 381 g/mol. The Morgan fingerprint density at radius 1 is 1.22 bits per heavy atom. The molecule has 2 aliphatic rings.